The molecule has 0 atom stereocenters. The quantitative estimate of drug-likeness (QED) is 0.736. The van der Waals surface area contributed by atoms with E-state index in [0.717, 1.165) is 12.0 Å². The Hall–Kier alpha value is -2.04. The number of halogens is 3. The predicted molar refractivity (Wildman–Crippen MR) is 65.3 cm³/mol. The van der Waals surface area contributed by atoms with Crippen LogP contribution in [-0.2, 0) is 13.0 Å². The Morgan fingerprint density at radius 1 is 1.00 bits per heavy atom. The van der Waals surface area contributed by atoms with Gasteiger partial charge in [0.05, 0.1) is 0 Å². The van der Waals surface area contributed by atoms with Gasteiger partial charge in [0.2, 0.25) is 0 Å². The standard InChI is InChI=1S/C14H11F3N2/c15-11-7-12(16)14(18-13(11)17)19-6-5-9-3-1-2-4-10(9)8-19/h1-4,7H,5-6,8H2. The molecule has 1 aromatic heterocycles. The maximum atomic E-state index is 13.7. The largest absolute Gasteiger partial charge is 0.349 e. The van der Waals surface area contributed by atoms with E-state index in [-0.39, 0.29) is 5.82 Å². The number of anilines is 1. The lowest BCUT2D eigenvalue weighted by atomic mass is 10.00. The van der Waals surface area contributed by atoms with E-state index in [2.05, 4.69) is 4.98 Å². The molecule has 2 aromatic rings. The number of rotatable bonds is 1. The van der Waals surface area contributed by atoms with Crippen LogP contribution in [0.25, 0.3) is 0 Å². The summed E-state index contributed by atoms with van der Waals surface area (Å²) in [5.74, 6) is -3.50. The van der Waals surface area contributed by atoms with Gasteiger partial charge in [0.15, 0.2) is 17.5 Å². The van der Waals surface area contributed by atoms with E-state index in [1.165, 1.54) is 5.56 Å². The molecule has 0 N–H and O–H groups in total. The van der Waals surface area contributed by atoms with Crippen molar-refractivity contribution in [2.75, 3.05) is 11.4 Å². The van der Waals surface area contributed by atoms with E-state index in [1.807, 2.05) is 24.3 Å². The van der Waals surface area contributed by atoms with Crippen molar-refractivity contribution >= 4 is 5.82 Å². The fraction of sp³-hybridized carbons (Fsp3) is 0.214. The molecule has 0 bridgehead atoms. The van der Waals surface area contributed by atoms with Crippen LogP contribution in [0.15, 0.2) is 30.3 Å². The van der Waals surface area contributed by atoms with E-state index < -0.39 is 17.6 Å². The minimum absolute atomic E-state index is 0.131. The van der Waals surface area contributed by atoms with Gasteiger partial charge in [-0.2, -0.15) is 9.37 Å². The molecule has 2 nitrogen and oxygen atoms in total. The molecule has 0 saturated carbocycles. The number of nitrogens with zero attached hydrogens (tertiary/aromatic N) is 2. The first-order valence-electron chi connectivity index (χ1n) is 5.98. The number of hydrogen-bond donors (Lipinski definition) is 0. The topological polar surface area (TPSA) is 16.1 Å². The van der Waals surface area contributed by atoms with E-state index in [4.69, 9.17) is 0 Å². The molecule has 0 radical (unpaired) electrons. The van der Waals surface area contributed by atoms with E-state index in [1.54, 1.807) is 4.90 Å². The molecule has 98 valence electrons. The van der Waals surface area contributed by atoms with Crippen LogP contribution in [0.4, 0.5) is 19.0 Å². The summed E-state index contributed by atoms with van der Waals surface area (Å²) >= 11 is 0. The lowest BCUT2D eigenvalue weighted by molar-refractivity contribution is 0.461. The molecule has 1 aliphatic heterocycles. The molecule has 0 aliphatic carbocycles. The minimum Gasteiger partial charge on any atom is -0.349 e. The van der Waals surface area contributed by atoms with Crippen LogP contribution in [0.1, 0.15) is 11.1 Å². The zero-order chi connectivity index (χ0) is 13.4. The fourth-order valence-electron chi connectivity index (χ4n) is 2.33. The Bertz CT molecular complexity index is 628. The summed E-state index contributed by atoms with van der Waals surface area (Å²) in [5, 5.41) is 0. The molecule has 3 rings (SSSR count). The Morgan fingerprint density at radius 2 is 1.74 bits per heavy atom. The smallest absolute Gasteiger partial charge is 0.251 e. The van der Waals surface area contributed by atoms with Crippen LogP contribution in [0.5, 0.6) is 0 Å². The highest BCUT2D eigenvalue weighted by atomic mass is 19.2. The van der Waals surface area contributed by atoms with Gasteiger partial charge >= 0.3 is 0 Å². The lowest BCUT2D eigenvalue weighted by Gasteiger charge is -2.29. The second kappa shape index (κ2) is 4.57. The molecule has 0 spiro atoms. The van der Waals surface area contributed by atoms with Crippen molar-refractivity contribution in [2.24, 2.45) is 0 Å². The van der Waals surface area contributed by atoms with Crippen LogP contribution in [0, 0.1) is 17.6 Å². The van der Waals surface area contributed by atoms with Gasteiger partial charge < -0.3 is 4.90 Å². The van der Waals surface area contributed by atoms with Crippen molar-refractivity contribution in [1.82, 2.24) is 4.98 Å². The molecule has 5 heteroatoms. The molecule has 0 amide bonds. The molecule has 2 heterocycles. The van der Waals surface area contributed by atoms with Crippen molar-refractivity contribution in [3.63, 3.8) is 0 Å². The summed E-state index contributed by atoms with van der Waals surface area (Å²) in [6.45, 7) is 0.983. The van der Waals surface area contributed by atoms with Crippen molar-refractivity contribution in [3.05, 3.63) is 59.0 Å². The van der Waals surface area contributed by atoms with Crippen LogP contribution in [0.2, 0.25) is 0 Å². The van der Waals surface area contributed by atoms with Crippen molar-refractivity contribution < 1.29 is 13.2 Å². The molecule has 1 aromatic carbocycles. The van der Waals surface area contributed by atoms with Gasteiger partial charge in [0.1, 0.15) is 0 Å². The Labute approximate surface area is 108 Å². The first-order chi connectivity index (χ1) is 9.15. The summed E-state index contributed by atoms with van der Waals surface area (Å²) in [7, 11) is 0. The first-order valence-corrected chi connectivity index (χ1v) is 5.98. The summed E-state index contributed by atoms with van der Waals surface area (Å²) in [6.07, 6.45) is 0.732. The molecule has 0 fully saturated rings. The number of fused-ring (bicyclic) bond motifs is 1. The van der Waals surface area contributed by atoms with Gasteiger partial charge in [-0.1, -0.05) is 24.3 Å². The van der Waals surface area contributed by atoms with Crippen LogP contribution in [0.3, 0.4) is 0 Å². The Morgan fingerprint density at radius 3 is 2.53 bits per heavy atom. The van der Waals surface area contributed by atoms with Crippen LogP contribution >= 0.6 is 0 Å². The van der Waals surface area contributed by atoms with E-state index >= 15 is 0 Å². The molecule has 0 unspecified atom stereocenters. The van der Waals surface area contributed by atoms with E-state index in [0.29, 0.717) is 19.2 Å². The molecular formula is C14H11F3N2. The Balaban J connectivity index is 1.95. The maximum Gasteiger partial charge on any atom is 0.251 e. The highest BCUT2D eigenvalue weighted by Crippen LogP contribution is 2.25. The highest BCUT2D eigenvalue weighted by Gasteiger charge is 2.21. The van der Waals surface area contributed by atoms with Crippen LogP contribution in [-0.4, -0.2) is 11.5 Å². The summed E-state index contributed by atoms with van der Waals surface area (Å²) in [5.41, 5.74) is 2.25. The second-order valence-electron chi connectivity index (χ2n) is 4.51. The number of hydrogen-bond acceptors (Lipinski definition) is 2. The van der Waals surface area contributed by atoms with Gasteiger partial charge in [-0.3, -0.25) is 0 Å². The highest BCUT2D eigenvalue weighted by molar-refractivity contribution is 5.45. The number of aromatic nitrogens is 1. The van der Waals surface area contributed by atoms with Crippen molar-refractivity contribution in [2.45, 2.75) is 13.0 Å². The normalized spacial score (nSPS) is 14.4. The number of pyridine rings is 1. The molecule has 1 aliphatic rings. The molecule has 0 saturated heterocycles. The third-order valence-electron chi connectivity index (χ3n) is 3.30. The summed E-state index contributed by atoms with van der Waals surface area (Å²) in [6, 6.07) is 8.35. The predicted octanol–water partition coefficient (Wildman–Crippen LogP) is 3.06. The zero-order valence-electron chi connectivity index (χ0n) is 10.0. The van der Waals surface area contributed by atoms with Gasteiger partial charge in [0.25, 0.3) is 5.95 Å². The minimum atomic E-state index is -1.27. The average molecular weight is 264 g/mol. The first kappa shape index (κ1) is 12.0. The summed E-state index contributed by atoms with van der Waals surface area (Å²) < 4.78 is 39.7. The SMILES string of the molecule is Fc1cc(F)c(N2CCc3ccccc3C2)nc1F. The molecular weight excluding hydrogens is 253 g/mol. The lowest BCUT2D eigenvalue weighted by Crippen LogP contribution is -2.32. The van der Waals surface area contributed by atoms with Gasteiger partial charge in [0, 0.05) is 19.2 Å². The molecule has 19 heavy (non-hydrogen) atoms. The average Bonchev–Trinajstić information content (AvgIpc) is 2.42. The van der Waals surface area contributed by atoms with Gasteiger partial charge in [-0.25, -0.2) is 8.78 Å². The van der Waals surface area contributed by atoms with Crippen LogP contribution < -0.4 is 4.90 Å². The third-order valence-corrected chi connectivity index (χ3v) is 3.30. The zero-order valence-corrected chi connectivity index (χ0v) is 10.0. The van der Waals surface area contributed by atoms with Crippen molar-refractivity contribution in [3.8, 4) is 0 Å². The van der Waals surface area contributed by atoms with Crippen molar-refractivity contribution in [1.29, 1.82) is 0 Å². The third kappa shape index (κ3) is 2.16. The van der Waals surface area contributed by atoms with Gasteiger partial charge in [-0.05, 0) is 17.5 Å². The number of benzene rings is 1. The van der Waals surface area contributed by atoms with Gasteiger partial charge in [-0.15, -0.1) is 0 Å². The second-order valence-corrected chi connectivity index (χ2v) is 4.51. The fourth-order valence-corrected chi connectivity index (χ4v) is 2.33. The van der Waals surface area contributed by atoms with E-state index in [9.17, 15) is 13.2 Å². The Kier molecular flexibility index (Phi) is 2.89. The summed E-state index contributed by atoms with van der Waals surface area (Å²) in [4.78, 5) is 5.00. The maximum absolute atomic E-state index is 13.7. The monoisotopic (exact) mass is 264 g/mol.